The summed E-state index contributed by atoms with van der Waals surface area (Å²) < 4.78 is 5.67. The third-order valence-electron chi connectivity index (χ3n) is 4.21. The van der Waals surface area contributed by atoms with E-state index in [1.165, 1.54) is 6.42 Å². The van der Waals surface area contributed by atoms with E-state index in [4.69, 9.17) is 4.74 Å². The van der Waals surface area contributed by atoms with Crippen molar-refractivity contribution in [2.45, 2.75) is 58.2 Å². The molecule has 1 atom stereocenters. The van der Waals surface area contributed by atoms with Crippen molar-refractivity contribution in [3.8, 4) is 5.75 Å². The molecular weight excluding hydrogens is 262 g/mol. The fraction of sp³-hybridized carbons (Fsp3) is 0.667. The molecule has 0 aliphatic carbocycles. The Hall–Kier alpha value is -1.06. The second-order valence-electron chi connectivity index (χ2n) is 6.42. The van der Waals surface area contributed by atoms with Gasteiger partial charge in [0.05, 0.1) is 11.7 Å². The third kappa shape index (κ3) is 4.45. The number of hydrogen-bond acceptors (Lipinski definition) is 3. The van der Waals surface area contributed by atoms with Crippen molar-refractivity contribution in [1.82, 2.24) is 4.90 Å². The average molecular weight is 291 g/mol. The quantitative estimate of drug-likeness (QED) is 0.900. The Balaban J connectivity index is 2.05. The Morgan fingerprint density at radius 3 is 2.52 bits per heavy atom. The first kappa shape index (κ1) is 16.3. The molecule has 3 nitrogen and oxygen atoms in total. The smallest absolute Gasteiger partial charge is 0.119 e. The van der Waals surface area contributed by atoms with Crippen molar-refractivity contribution >= 4 is 0 Å². The van der Waals surface area contributed by atoms with Crippen LogP contribution in [0.3, 0.4) is 0 Å². The van der Waals surface area contributed by atoms with Gasteiger partial charge in [0.15, 0.2) is 0 Å². The molecule has 1 unspecified atom stereocenters. The lowest BCUT2D eigenvalue weighted by atomic mass is 9.87. The zero-order valence-electron chi connectivity index (χ0n) is 13.6. The van der Waals surface area contributed by atoms with Gasteiger partial charge in [-0.05, 0) is 70.3 Å². The van der Waals surface area contributed by atoms with E-state index in [9.17, 15) is 5.11 Å². The number of nitrogens with zero attached hydrogens (tertiary/aromatic N) is 1. The summed E-state index contributed by atoms with van der Waals surface area (Å²) in [6.07, 6.45) is 4.08. The Morgan fingerprint density at radius 2 is 1.90 bits per heavy atom. The fourth-order valence-corrected chi connectivity index (χ4v) is 3.12. The van der Waals surface area contributed by atoms with Crippen LogP contribution < -0.4 is 4.74 Å². The van der Waals surface area contributed by atoms with Gasteiger partial charge in [-0.3, -0.25) is 0 Å². The van der Waals surface area contributed by atoms with Crippen LogP contribution in [0, 0.1) is 0 Å². The van der Waals surface area contributed by atoms with E-state index >= 15 is 0 Å². The van der Waals surface area contributed by atoms with Crippen molar-refractivity contribution in [2.75, 3.05) is 19.6 Å². The predicted octanol–water partition coefficient (Wildman–Crippen LogP) is 3.56. The van der Waals surface area contributed by atoms with Crippen LogP contribution in [0.15, 0.2) is 24.3 Å². The van der Waals surface area contributed by atoms with E-state index in [0.29, 0.717) is 0 Å². The van der Waals surface area contributed by atoms with Crippen molar-refractivity contribution < 1.29 is 9.84 Å². The number of benzene rings is 1. The molecule has 1 aromatic rings. The molecule has 0 amide bonds. The molecule has 0 spiro atoms. The molecular formula is C18H29NO2. The maximum atomic E-state index is 11.0. The SMILES string of the molecule is CCCN1CCCC(O)(c2ccc(OC(C)C)cc2)CC1. The van der Waals surface area contributed by atoms with Gasteiger partial charge in [0, 0.05) is 6.54 Å². The lowest BCUT2D eigenvalue weighted by molar-refractivity contribution is 0.0212. The van der Waals surface area contributed by atoms with Gasteiger partial charge in [0.1, 0.15) is 5.75 Å². The highest BCUT2D eigenvalue weighted by atomic mass is 16.5. The number of aliphatic hydroxyl groups is 1. The maximum absolute atomic E-state index is 11.0. The van der Waals surface area contributed by atoms with Crippen molar-refractivity contribution in [1.29, 1.82) is 0 Å². The Bertz CT molecular complexity index is 429. The normalized spacial score (nSPS) is 24.0. The minimum atomic E-state index is -0.682. The minimum absolute atomic E-state index is 0.180. The Morgan fingerprint density at radius 1 is 1.19 bits per heavy atom. The Kier molecular flexibility index (Phi) is 5.65. The van der Waals surface area contributed by atoms with E-state index in [-0.39, 0.29) is 6.10 Å². The van der Waals surface area contributed by atoms with Crippen LogP contribution in [0.1, 0.15) is 52.0 Å². The summed E-state index contributed by atoms with van der Waals surface area (Å²) in [5, 5.41) is 11.0. The van der Waals surface area contributed by atoms with Gasteiger partial charge in [0.25, 0.3) is 0 Å². The van der Waals surface area contributed by atoms with Crippen LogP contribution in [0.2, 0.25) is 0 Å². The van der Waals surface area contributed by atoms with E-state index in [1.807, 2.05) is 38.1 Å². The molecule has 1 aliphatic heterocycles. The van der Waals surface area contributed by atoms with Crippen molar-refractivity contribution in [2.24, 2.45) is 0 Å². The lowest BCUT2D eigenvalue weighted by Crippen LogP contribution is -2.29. The zero-order valence-corrected chi connectivity index (χ0v) is 13.6. The summed E-state index contributed by atoms with van der Waals surface area (Å²) in [6.45, 7) is 9.48. The fourth-order valence-electron chi connectivity index (χ4n) is 3.12. The first-order valence-corrected chi connectivity index (χ1v) is 8.25. The molecule has 1 saturated heterocycles. The molecule has 1 heterocycles. The van der Waals surface area contributed by atoms with Crippen molar-refractivity contribution in [3.63, 3.8) is 0 Å². The molecule has 0 aromatic heterocycles. The molecule has 3 heteroatoms. The van der Waals surface area contributed by atoms with E-state index in [1.54, 1.807) is 0 Å². The molecule has 0 saturated carbocycles. The van der Waals surface area contributed by atoms with Gasteiger partial charge in [-0.25, -0.2) is 0 Å². The predicted molar refractivity (Wildman–Crippen MR) is 86.7 cm³/mol. The number of ether oxygens (including phenoxy) is 1. The van der Waals surface area contributed by atoms with Gasteiger partial charge in [-0.1, -0.05) is 19.1 Å². The second kappa shape index (κ2) is 7.28. The maximum Gasteiger partial charge on any atom is 0.119 e. The molecule has 21 heavy (non-hydrogen) atoms. The molecule has 1 aromatic carbocycles. The summed E-state index contributed by atoms with van der Waals surface area (Å²) in [5.74, 6) is 0.874. The number of hydrogen-bond donors (Lipinski definition) is 1. The topological polar surface area (TPSA) is 32.7 Å². The van der Waals surface area contributed by atoms with Crippen LogP contribution in [-0.2, 0) is 5.60 Å². The van der Waals surface area contributed by atoms with Gasteiger partial charge < -0.3 is 14.7 Å². The average Bonchev–Trinajstić information content (AvgIpc) is 2.63. The van der Waals surface area contributed by atoms with Gasteiger partial charge >= 0.3 is 0 Å². The zero-order chi connectivity index (χ0) is 15.3. The van der Waals surface area contributed by atoms with Crippen LogP contribution >= 0.6 is 0 Å². The first-order valence-electron chi connectivity index (χ1n) is 8.25. The van der Waals surface area contributed by atoms with Crippen LogP contribution in [0.4, 0.5) is 0 Å². The van der Waals surface area contributed by atoms with E-state index < -0.39 is 5.60 Å². The highest BCUT2D eigenvalue weighted by molar-refractivity contribution is 5.31. The number of rotatable bonds is 5. The molecule has 0 bridgehead atoms. The molecule has 2 rings (SSSR count). The third-order valence-corrected chi connectivity index (χ3v) is 4.21. The second-order valence-corrected chi connectivity index (χ2v) is 6.42. The molecule has 0 radical (unpaired) electrons. The highest BCUT2D eigenvalue weighted by Gasteiger charge is 2.31. The minimum Gasteiger partial charge on any atom is -0.491 e. The summed E-state index contributed by atoms with van der Waals surface area (Å²) >= 11 is 0. The molecule has 1 fully saturated rings. The monoisotopic (exact) mass is 291 g/mol. The lowest BCUT2D eigenvalue weighted by Gasteiger charge is -2.28. The Labute approximate surface area is 128 Å². The summed E-state index contributed by atoms with van der Waals surface area (Å²) in [7, 11) is 0. The van der Waals surface area contributed by atoms with Crippen LogP contribution in [-0.4, -0.2) is 35.7 Å². The number of likely N-dealkylation sites (tertiary alicyclic amines) is 1. The standard InChI is InChI=1S/C18H29NO2/c1-4-12-19-13-5-10-18(20,11-14-19)16-6-8-17(9-7-16)21-15(2)3/h6-9,15,20H,4-5,10-14H2,1-3H3. The highest BCUT2D eigenvalue weighted by Crippen LogP contribution is 2.33. The van der Waals surface area contributed by atoms with Crippen LogP contribution in [0.5, 0.6) is 5.75 Å². The summed E-state index contributed by atoms with van der Waals surface area (Å²) in [6, 6.07) is 7.99. The molecule has 1 N–H and O–H groups in total. The summed E-state index contributed by atoms with van der Waals surface area (Å²) in [5.41, 5.74) is 0.343. The van der Waals surface area contributed by atoms with Gasteiger partial charge in [0.2, 0.25) is 0 Å². The first-order chi connectivity index (χ1) is 10.0. The van der Waals surface area contributed by atoms with E-state index in [2.05, 4.69) is 11.8 Å². The van der Waals surface area contributed by atoms with Gasteiger partial charge in [-0.2, -0.15) is 0 Å². The molecule has 1 aliphatic rings. The van der Waals surface area contributed by atoms with Crippen LogP contribution in [0.25, 0.3) is 0 Å². The van der Waals surface area contributed by atoms with E-state index in [0.717, 1.165) is 50.2 Å². The molecule has 118 valence electrons. The summed E-state index contributed by atoms with van der Waals surface area (Å²) in [4.78, 5) is 2.47. The largest absolute Gasteiger partial charge is 0.491 e. The van der Waals surface area contributed by atoms with Crippen molar-refractivity contribution in [3.05, 3.63) is 29.8 Å². The van der Waals surface area contributed by atoms with Gasteiger partial charge in [-0.15, -0.1) is 0 Å².